The van der Waals surface area contributed by atoms with Crippen molar-refractivity contribution in [3.8, 4) is 6.07 Å². The molecule has 2 aliphatic rings. The summed E-state index contributed by atoms with van der Waals surface area (Å²) in [5, 5.41) is 8.84. The van der Waals surface area contributed by atoms with Gasteiger partial charge in [-0.1, -0.05) is 37.3 Å². The minimum absolute atomic E-state index is 0.184. The number of ether oxygens (including phenoxy) is 1. The van der Waals surface area contributed by atoms with Crippen LogP contribution in [0.3, 0.4) is 0 Å². The number of carbonyl (C=O) groups excluding carboxylic acids is 2. The average Bonchev–Trinajstić information content (AvgIpc) is 3.35. The number of nitrogens with zero attached hydrogens (tertiary/aromatic N) is 1. The van der Waals surface area contributed by atoms with Gasteiger partial charge in [-0.3, -0.25) is 4.79 Å². The number of benzene rings is 2. The Morgan fingerprint density at radius 2 is 1.83 bits per heavy atom. The number of nitriles is 1. The van der Waals surface area contributed by atoms with E-state index in [4.69, 9.17) is 10.00 Å². The maximum absolute atomic E-state index is 12.5. The van der Waals surface area contributed by atoms with Gasteiger partial charge < -0.3 is 4.74 Å². The van der Waals surface area contributed by atoms with Crippen molar-refractivity contribution in [3.63, 3.8) is 0 Å². The van der Waals surface area contributed by atoms with Gasteiger partial charge in [0.2, 0.25) is 0 Å². The molecule has 152 valence electrons. The smallest absolute Gasteiger partial charge is 0.338 e. The third-order valence-electron chi connectivity index (χ3n) is 6.64. The first-order valence-electron chi connectivity index (χ1n) is 10.5. The van der Waals surface area contributed by atoms with Gasteiger partial charge in [-0.15, -0.1) is 0 Å². The topological polar surface area (TPSA) is 67.2 Å². The van der Waals surface area contributed by atoms with Crippen LogP contribution in [0.1, 0.15) is 58.0 Å². The Kier molecular flexibility index (Phi) is 5.81. The summed E-state index contributed by atoms with van der Waals surface area (Å²) in [5.74, 6) is 2.23. The third kappa shape index (κ3) is 4.36. The monoisotopic (exact) mass is 399 g/mol. The van der Waals surface area contributed by atoms with E-state index in [-0.39, 0.29) is 11.8 Å². The van der Waals surface area contributed by atoms with Crippen molar-refractivity contribution in [1.29, 1.82) is 5.26 Å². The van der Waals surface area contributed by atoms with Crippen molar-refractivity contribution < 1.29 is 14.3 Å². The first-order valence-corrected chi connectivity index (χ1v) is 10.5. The molecule has 2 aromatic rings. The molecule has 0 radical (unpaired) electrons. The summed E-state index contributed by atoms with van der Waals surface area (Å²) in [5.41, 5.74) is 2.26. The molecule has 2 saturated carbocycles. The Bertz CT molecular complexity index is 1010. The van der Waals surface area contributed by atoms with Gasteiger partial charge in [0.15, 0.2) is 5.78 Å². The van der Waals surface area contributed by atoms with E-state index in [1.165, 1.54) is 18.9 Å². The van der Waals surface area contributed by atoms with Gasteiger partial charge >= 0.3 is 5.97 Å². The maximum Gasteiger partial charge on any atom is 0.338 e. The molecule has 4 atom stereocenters. The highest BCUT2D eigenvalue weighted by atomic mass is 16.5. The lowest BCUT2D eigenvalue weighted by molar-refractivity contribution is 0.0381. The molecule has 0 saturated heterocycles. The van der Waals surface area contributed by atoms with E-state index < -0.39 is 0 Å². The molecular formula is C26H25NO3. The van der Waals surface area contributed by atoms with Crippen LogP contribution in [0, 0.1) is 35.0 Å². The number of ketones is 1. The van der Waals surface area contributed by atoms with E-state index in [2.05, 4.69) is 13.0 Å². The number of allylic oxidation sites excluding steroid dienone is 1. The lowest BCUT2D eigenvalue weighted by atomic mass is 9.83. The molecule has 30 heavy (non-hydrogen) atoms. The molecule has 0 aliphatic heterocycles. The van der Waals surface area contributed by atoms with Crippen molar-refractivity contribution in [2.45, 2.75) is 26.2 Å². The lowest BCUT2D eigenvalue weighted by Crippen LogP contribution is -2.22. The largest absolute Gasteiger partial charge is 0.462 e. The summed E-state index contributed by atoms with van der Waals surface area (Å²) in [6.45, 7) is 2.80. The second-order valence-electron chi connectivity index (χ2n) is 8.58. The van der Waals surface area contributed by atoms with Crippen LogP contribution in [0.15, 0.2) is 54.6 Å². The van der Waals surface area contributed by atoms with E-state index in [1.807, 2.05) is 0 Å². The molecule has 2 aliphatic carbocycles. The van der Waals surface area contributed by atoms with Gasteiger partial charge in [-0.05, 0) is 78.8 Å². The second kappa shape index (κ2) is 8.67. The number of esters is 1. The van der Waals surface area contributed by atoms with Crippen LogP contribution in [-0.4, -0.2) is 18.4 Å². The zero-order chi connectivity index (χ0) is 21.1. The van der Waals surface area contributed by atoms with Gasteiger partial charge in [-0.25, -0.2) is 4.79 Å². The molecule has 0 aromatic heterocycles. The van der Waals surface area contributed by atoms with Crippen LogP contribution in [0.25, 0.3) is 6.08 Å². The van der Waals surface area contributed by atoms with Crippen molar-refractivity contribution in [2.75, 3.05) is 6.61 Å². The van der Waals surface area contributed by atoms with Gasteiger partial charge in [0.05, 0.1) is 23.8 Å². The summed E-state index contributed by atoms with van der Waals surface area (Å²) in [7, 11) is 0. The Hall–Kier alpha value is -3.19. The summed E-state index contributed by atoms with van der Waals surface area (Å²) in [6, 6.07) is 15.7. The van der Waals surface area contributed by atoms with Crippen molar-refractivity contribution in [2.24, 2.45) is 23.7 Å². The number of hydrogen-bond acceptors (Lipinski definition) is 4. The molecule has 4 nitrogen and oxygen atoms in total. The van der Waals surface area contributed by atoms with Crippen LogP contribution in [0.4, 0.5) is 0 Å². The highest BCUT2D eigenvalue weighted by Crippen LogP contribution is 2.51. The molecule has 4 rings (SSSR count). The predicted octanol–water partition coefficient (Wildman–Crippen LogP) is 5.29. The van der Waals surface area contributed by atoms with Gasteiger partial charge in [-0.2, -0.15) is 5.26 Å². The predicted molar refractivity (Wildman–Crippen MR) is 115 cm³/mol. The Morgan fingerprint density at radius 3 is 2.50 bits per heavy atom. The first kappa shape index (κ1) is 20.1. The van der Waals surface area contributed by atoms with E-state index in [0.29, 0.717) is 35.1 Å². The Labute approximate surface area is 177 Å². The molecule has 0 spiro atoms. The fraction of sp³-hybridized carbons (Fsp3) is 0.346. The van der Waals surface area contributed by atoms with Crippen LogP contribution >= 0.6 is 0 Å². The summed E-state index contributed by atoms with van der Waals surface area (Å²) in [6.07, 6.45) is 6.87. The second-order valence-corrected chi connectivity index (χ2v) is 8.58. The summed E-state index contributed by atoms with van der Waals surface area (Å²) in [4.78, 5) is 25.0. The van der Waals surface area contributed by atoms with Crippen molar-refractivity contribution in [1.82, 2.24) is 0 Å². The van der Waals surface area contributed by atoms with Crippen molar-refractivity contribution in [3.05, 3.63) is 76.9 Å². The van der Waals surface area contributed by atoms with Crippen LogP contribution in [-0.2, 0) is 4.74 Å². The highest BCUT2D eigenvalue weighted by molar-refractivity contribution is 6.08. The SMILES string of the molecule is CC1CC2CC1CC2COC(=O)c1cccc(C(=O)C=Cc2ccc(C#N)cc2)c1. The van der Waals surface area contributed by atoms with Gasteiger partial charge in [0, 0.05) is 5.56 Å². The van der Waals surface area contributed by atoms with Gasteiger partial charge in [0.1, 0.15) is 0 Å². The molecule has 2 fully saturated rings. The van der Waals surface area contributed by atoms with Crippen molar-refractivity contribution >= 4 is 17.8 Å². The average molecular weight is 399 g/mol. The van der Waals surface area contributed by atoms with Crippen LogP contribution in [0.5, 0.6) is 0 Å². The molecule has 0 amide bonds. The molecule has 4 heteroatoms. The quantitative estimate of drug-likeness (QED) is 0.376. The van der Waals surface area contributed by atoms with E-state index >= 15 is 0 Å². The first-order chi connectivity index (χ1) is 14.5. The van der Waals surface area contributed by atoms with Crippen LogP contribution < -0.4 is 0 Å². The number of carbonyl (C=O) groups is 2. The third-order valence-corrected chi connectivity index (χ3v) is 6.64. The zero-order valence-electron chi connectivity index (χ0n) is 17.1. The summed E-state index contributed by atoms with van der Waals surface area (Å²) >= 11 is 0. The molecule has 2 bridgehead atoms. The van der Waals surface area contributed by atoms with E-state index in [1.54, 1.807) is 54.6 Å². The molecule has 0 N–H and O–H groups in total. The number of fused-ring (bicyclic) bond motifs is 2. The molecule has 0 heterocycles. The Balaban J connectivity index is 1.35. The minimum Gasteiger partial charge on any atom is -0.462 e. The standard InChI is InChI=1S/C26H25NO3/c1-17-11-23-13-22(17)14-24(23)16-30-26(29)21-4-2-3-20(12-21)25(28)10-9-18-5-7-19(15-27)8-6-18/h2-10,12,17,22-24H,11,13-14,16H2,1H3. The molecular weight excluding hydrogens is 374 g/mol. The maximum atomic E-state index is 12.5. The lowest BCUT2D eigenvalue weighted by Gasteiger charge is -2.25. The normalized spacial score (nSPS) is 24.7. The van der Waals surface area contributed by atoms with E-state index in [9.17, 15) is 9.59 Å². The molecule has 2 aromatic carbocycles. The summed E-state index contributed by atoms with van der Waals surface area (Å²) < 4.78 is 5.59. The number of rotatable bonds is 6. The van der Waals surface area contributed by atoms with Crippen LogP contribution in [0.2, 0.25) is 0 Å². The highest BCUT2D eigenvalue weighted by Gasteiger charge is 2.44. The van der Waals surface area contributed by atoms with Gasteiger partial charge in [0.25, 0.3) is 0 Å². The fourth-order valence-corrected chi connectivity index (χ4v) is 4.89. The minimum atomic E-state index is -0.364. The molecule has 4 unspecified atom stereocenters. The zero-order valence-corrected chi connectivity index (χ0v) is 17.1. The fourth-order valence-electron chi connectivity index (χ4n) is 4.89. The Morgan fingerprint density at radius 1 is 1.07 bits per heavy atom. The van der Waals surface area contributed by atoms with E-state index in [0.717, 1.165) is 23.8 Å². The number of hydrogen-bond donors (Lipinski definition) is 0.